The van der Waals surface area contributed by atoms with Gasteiger partial charge in [-0.05, 0) is 24.5 Å². The van der Waals surface area contributed by atoms with E-state index >= 15 is 0 Å². The number of halogens is 1. The fourth-order valence-corrected chi connectivity index (χ4v) is 5.03. The fourth-order valence-electron chi connectivity index (χ4n) is 2.86. The third-order valence-corrected chi connectivity index (χ3v) is 6.61. The molecule has 1 atom stereocenters. The van der Waals surface area contributed by atoms with Crippen molar-refractivity contribution in [1.29, 1.82) is 0 Å². The Hall–Kier alpha value is -1.48. The van der Waals surface area contributed by atoms with Gasteiger partial charge < -0.3 is 5.32 Å². The number of anilines is 1. The molecular weight excluding hydrogens is 382 g/mol. The maximum absolute atomic E-state index is 12.4. The quantitative estimate of drug-likeness (QED) is 0.838. The summed E-state index contributed by atoms with van der Waals surface area (Å²) >= 11 is 7.52. The van der Waals surface area contributed by atoms with Gasteiger partial charge in [-0.1, -0.05) is 29.8 Å². The van der Waals surface area contributed by atoms with Crippen LogP contribution in [0, 0.1) is 0 Å². The monoisotopic (exact) mass is 399 g/mol. The van der Waals surface area contributed by atoms with E-state index in [1.165, 1.54) is 15.6 Å². The van der Waals surface area contributed by atoms with Gasteiger partial charge in [-0.3, -0.25) is 4.79 Å². The maximum atomic E-state index is 12.4. The standard InChI is InChI=1S/C16H18ClN3O3S2/c1-25(22,23)20-8-4-7-14(20)15(21)19-16-18-10-12(24-16)9-11-5-2-3-6-13(11)17/h2-3,5-6,10,14H,4,7-9H2,1H3,(H,18,19,21). The third kappa shape index (κ3) is 4.38. The molecule has 1 aromatic heterocycles. The van der Waals surface area contributed by atoms with Crippen LogP contribution in [0.15, 0.2) is 30.5 Å². The molecule has 1 N–H and O–H groups in total. The smallest absolute Gasteiger partial charge is 0.244 e. The second kappa shape index (κ2) is 7.41. The first-order valence-corrected chi connectivity index (χ1v) is 10.8. The number of nitrogens with one attached hydrogen (secondary N) is 1. The van der Waals surface area contributed by atoms with Gasteiger partial charge in [0.1, 0.15) is 6.04 Å². The van der Waals surface area contributed by atoms with Crippen LogP contribution in [0.25, 0.3) is 0 Å². The number of aromatic nitrogens is 1. The van der Waals surface area contributed by atoms with Gasteiger partial charge in [-0.15, -0.1) is 11.3 Å². The number of carbonyl (C=O) groups excluding carboxylic acids is 1. The van der Waals surface area contributed by atoms with Crippen LogP contribution in [0.4, 0.5) is 5.13 Å². The highest BCUT2D eigenvalue weighted by Crippen LogP contribution is 2.26. The lowest BCUT2D eigenvalue weighted by atomic mass is 10.1. The Morgan fingerprint density at radius 3 is 2.92 bits per heavy atom. The molecule has 0 aliphatic carbocycles. The molecule has 1 saturated heterocycles. The molecule has 0 saturated carbocycles. The first-order chi connectivity index (χ1) is 11.8. The molecule has 6 nitrogen and oxygen atoms in total. The largest absolute Gasteiger partial charge is 0.301 e. The number of thiazole rings is 1. The number of benzene rings is 1. The Balaban J connectivity index is 1.67. The number of hydrogen-bond donors (Lipinski definition) is 1. The lowest BCUT2D eigenvalue weighted by Crippen LogP contribution is -2.42. The van der Waals surface area contributed by atoms with E-state index in [1.54, 1.807) is 6.20 Å². The van der Waals surface area contributed by atoms with Crippen LogP contribution in [0.5, 0.6) is 0 Å². The number of sulfonamides is 1. The van der Waals surface area contributed by atoms with E-state index in [2.05, 4.69) is 10.3 Å². The summed E-state index contributed by atoms with van der Waals surface area (Å²) in [5.41, 5.74) is 0.990. The molecule has 1 aliphatic rings. The third-order valence-electron chi connectivity index (χ3n) is 4.04. The zero-order chi connectivity index (χ0) is 18.0. The summed E-state index contributed by atoms with van der Waals surface area (Å²) in [6.07, 6.45) is 4.67. The van der Waals surface area contributed by atoms with Crippen molar-refractivity contribution in [2.45, 2.75) is 25.3 Å². The minimum absolute atomic E-state index is 0.332. The molecule has 1 unspecified atom stereocenters. The lowest BCUT2D eigenvalue weighted by Gasteiger charge is -2.20. The second-order valence-electron chi connectivity index (χ2n) is 5.92. The average Bonchev–Trinajstić information content (AvgIpc) is 3.18. The summed E-state index contributed by atoms with van der Waals surface area (Å²) < 4.78 is 24.8. The molecular formula is C16H18ClN3O3S2. The van der Waals surface area contributed by atoms with E-state index in [1.807, 2.05) is 24.3 Å². The molecule has 1 amide bonds. The average molecular weight is 400 g/mol. The van der Waals surface area contributed by atoms with Crippen LogP contribution >= 0.6 is 22.9 Å². The van der Waals surface area contributed by atoms with Gasteiger partial charge in [0.05, 0.1) is 6.26 Å². The Morgan fingerprint density at radius 2 is 2.20 bits per heavy atom. The van der Waals surface area contributed by atoms with Crippen molar-refractivity contribution in [1.82, 2.24) is 9.29 Å². The highest BCUT2D eigenvalue weighted by molar-refractivity contribution is 7.88. The molecule has 25 heavy (non-hydrogen) atoms. The van der Waals surface area contributed by atoms with Gasteiger partial charge in [0.2, 0.25) is 15.9 Å². The van der Waals surface area contributed by atoms with Crippen LogP contribution in [-0.2, 0) is 21.2 Å². The summed E-state index contributed by atoms with van der Waals surface area (Å²) in [4.78, 5) is 17.6. The van der Waals surface area contributed by atoms with E-state index in [4.69, 9.17) is 11.6 Å². The van der Waals surface area contributed by atoms with Gasteiger partial charge in [-0.2, -0.15) is 4.31 Å². The van der Waals surface area contributed by atoms with Crippen molar-refractivity contribution in [3.8, 4) is 0 Å². The van der Waals surface area contributed by atoms with Gasteiger partial charge >= 0.3 is 0 Å². The van der Waals surface area contributed by atoms with E-state index in [0.717, 1.165) is 16.7 Å². The molecule has 0 bridgehead atoms. The van der Waals surface area contributed by atoms with Gasteiger partial charge in [0, 0.05) is 29.1 Å². The first kappa shape index (κ1) is 18.3. The fraction of sp³-hybridized carbons (Fsp3) is 0.375. The minimum Gasteiger partial charge on any atom is -0.301 e. The predicted molar refractivity (Wildman–Crippen MR) is 99.6 cm³/mol. The number of rotatable bonds is 5. The Kier molecular flexibility index (Phi) is 5.43. The van der Waals surface area contributed by atoms with Crippen LogP contribution in [0.2, 0.25) is 5.02 Å². The molecule has 2 heterocycles. The van der Waals surface area contributed by atoms with Crippen LogP contribution in [0.3, 0.4) is 0 Å². The summed E-state index contributed by atoms with van der Waals surface area (Å²) in [5.74, 6) is -0.332. The van der Waals surface area contributed by atoms with Gasteiger partial charge in [-0.25, -0.2) is 13.4 Å². The Bertz CT molecular complexity index is 882. The number of carbonyl (C=O) groups is 1. The summed E-state index contributed by atoms with van der Waals surface area (Å²) in [6, 6.07) is 6.92. The summed E-state index contributed by atoms with van der Waals surface area (Å²) in [5, 5.41) is 3.89. The second-order valence-corrected chi connectivity index (χ2v) is 9.38. The summed E-state index contributed by atoms with van der Waals surface area (Å²) in [7, 11) is -3.39. The maximum Gasteiger partial charge on any atom is 0.244 e. The molecule has 2 aromatic rings. The minimum atomic E-state index is -3.39. The van der Waals surface area contributed by atoms with Crippen LogP contribution in [-0.4, -0.2) is 42.5 Å². The van der Waals surface area contributed by atoms with Crippen molar-refractivity contribution < 1.29 is 13.2 Å². The lowest BCUT2D eigenvalue weighted by molar-refractivity contribution is -0.119. The predicted octanol–water partition coefficient (Wildman–Crippen LogP) is 2.75. The molecule has 3 rings (SSSR count). The van der Waals surface area contributed by atoms with E-state index < -0.39 is 16.1 Å². The van der Waals surface area contributed by atoms with Crippen molar-refractivity contribution >= 4 is 44.0 Å². The van der Waals surface area contributed by atoms with Gasteiger partial charge in [0.25, 0.3) is 0 Å². The van der Waals surface area contributed by atoms with E-state index in [-0.39, 0.29) is 5.91 Å². The van der Waals surface area contributed by atoms with Gasteiger partial charge in [0.15, 0.2) is 5.13 Å². The molecule has 9 heteroatoms. The highest BCUT2D eigenvalue weighted by Gasteiger charge is 2.36. The molecule has 1 aromatic carbocycles. The van der Waals surface area contributed by atoms with Crippen molar-refractivity contribution in [3.63, 3.8) is 0 Å². The van der Waals surface area contributed by atoms with E-state index in [0.29, 0.717) is 36.0 Å². The summed E-state index contributed by atoms with van der Waals surface area (Å²) in [6.45, 7) is 0.381. The normalized spacial score (nSPS) is 18.4. The van der Waals surface area contributed by atoms with Crippen molar-refractivity contribution in [3.05, 3.63) is 45.9 Å². The topological polar surface area (TPSA) is 79.4 Å². The van der Waals surface area contributed by atoms with Crippen molar-refractivity contribution in [2.24, 2.45) is 0 Å². The molecule has 0 radical (unpaired) electrons. The Morgan fingerprint density at radius 1 is 1.44 bits per heavy atom. The molecule has 0 spiro atoms. The zero-order valence-electron chi connectivity index (χ0n) is 13.6. The van der Waals surface area contributed by atoms with Crippen molar-refractivity contribution in [2.75, 3.05) is 18.1 Å². The van der Waals surface area contributed by atoms with Crippen LogP contribution < -0.4 is 5.32 Å². The molecule has 1 fully saturated rings. The zero-order valence-corrected chi connectivity index (χ0v) is 16.0. The number of hydrogen-bond acceptors (Lipinski definition) is 5. The SMILES string of the molecule is CS(=O)(=O)N1CCCC1C(=O)Nc1ncc(Cc2ccccc2Cl)s1. The number of amides is 1. The molecule has 1 aliphatic heterocycles. The first-order valence-electron chi connectivity index (χ1n) is 7.80. The molecule has 134 valence electrons. The number of nitrogens with zero attached hydrogens (tertiary/aromatic N) is 2. The van der Waals surface area contributed by atoms with E-state index in [9.17, 15) is 13.2 Å². The van der Waals surface area contributed by atoms with Crippen LogP contribution in [0.1, 0.15) is 23.3 Å². The Labute approximate surface area is 155 Å². The highest BCUT2D eigenvalue weighted by atomic mass is 35.5.